The average Bonchev–Trinajstić information content (AvgIpc) is 2.64. The summed E-state index contributed by atoms with van der Waals surface area (Å²) in [5.74, 6) is 0.269. The lowest BCUT2D eigenvalue weighted by Crippen LogP contribution is -2.09. The standard InChI is InChI=1S/C19H18BrNO5S/c1-13-3-6-17(7-4-13)27(22,23)26-11-15-9-14-10-16(20)5-8-18(14)21-19(15)25-12-24-2/h3-10H,11-12H2,1-2H3. The highest BCUT2D eigenvalue weighted by Crippen LogP contribution is 2.27. The average molecular weight is 452 g/mol. The Bertz CT molecular complexity index is 1050. The van der Waals surface area contributed by atoms with Crippen molar-refractivity contribution in [1.82, 2.24) is 4.98 Å². The van der Waals surface area contributed by atoms with Gasteiger partial charge in [0.05, 0.1) is 17.0 Å². The van der Waals surface area contributed by atoms with Crippen LogP contribution in [0.2, 0.25) is 0 Å². The Balaban J connectivity index is 1.90. The van der Waals surface area contributed by atoms with Gasteiger partial charge in [0.1, 0.15) is 0 Å². The predicted molar refractivity (Wildman–Crippen MR) is 105 cm³/mol. The molecule has 0 saturated heterocycles. The van der Waals surface area contributed by atoms with E-state index in [1.54, 1.807) is 18.2 Å². The molecule has 0 spiro atoms. The van der Waals surface area contributed by atoms with Crippen molar-refractivity contribution >= 4 is 37.0 Å². The highest BCUT2D eigenvalue weighted by Gasteiger charge is 2.18. The molecular weight excluding hydrogens is 434 g/mol. The molecule has 0 radical (unpaired) electrons. The van der Waals surface area contributed by atoms with Crippen LogP contribution in [-0.2, 0) is 25.6 Å². The lowest BCUT2D eigenvalue weighted by atomic mass is 10.1. The van der Waals surface area contributed by atoms with E-state index in [1.807, 2.05) is 25.1 Å². The molecule has 8 heteroatoms. The SMILES string of the molecule is COCOc1nc2ccc(Br)cc2cc1COS(=O)(=O)c1ccc(C)cc1. The Labute approximate surface area is 166 Å². The summed E-state index contributed by atoms with van der Waals surface area (Å²) in [6.45, 7) is 1.67. The number of pyridine rings is 1. The van der Waals surface area contributed by atoms with Gasteiger partial charge in [-0.25, -0.2) is 4.98 Å². The van der Waals surface area contributed by atoms with Crippen molar-refractivity contribution in [2.45, 2.75) is 18.4 Å². The van der Waals surface area contributed by atoms with Gasteiger partial charge in [-0.15, -0.1) is 0 Å². The number of nitrogens with zero attached hydrogens (tertiary/aromatic N) is 1. The van der Waals surface area contributed by atoms with Gasteiger partial charge >= 0.3 is 0 Å². The van der Waals surface area contributed by atoms with Gasteiger partial charge in [0.15, 0.2) is 6.79 Å². The van der Waals surface area contributed by atoms with Gasteiger partial charge in [0, 0.05) is 22.5 Å². The molecule has 2 aromatic carbocycles. The molecule has 142 valence electrons. The summed E-state index contributed by atoms with van der Waals surface area (Å²) in [4.78, 5) is 4.54. The van der Waals surface area contributed by atoms with Crippen LogP contribution in [0.3, 0.4) is 0 Å². The minimum atomic E-state index is -3.90. The van der Waals surface area contributed by atoms with Crippen LogP contribution >= 0.6 is 15.9 Å². The van der Waals surface area contributed by atoms with Crippen LogP contribution in [0, 0.1) is 6.92 Å². The zero-order valence-corrected chi connectivity index (χ0v) is 17.2. The van der Waals surface area contributed by atoms with E-state index < -0.39 is 10.1 Å². The van der Waals surface area contributed by atoms with E-state index in [0.717, 1.165) is 20.9 Å². The monoisotopic (exact) mass is 451 g/mol. The topological polar surface area (TPSA) is 74.7 Å². The van der Waals surface area contributed by atoms with Gasteiger partial charge in [-0.2, -0.15) is 8.42 Å². The molecule has 3 rings (SSSR count). The van der Waals surface area contributed by atoms with Crippen molar-refractivity contribution < 1.29 is 22.1 Å². The molecule has 0 aliphatic heterocycles. The molecule has 0 atom stereocenters. The molecule has 0 bridgehead atoms. The quantitative estimate of drug-likeness (QED) is 0.395. The highest BCUT2D eigenvalue weighted by molar-refractivity contribution is 9.10. The van der Waals surface area contributed by atoms with Crippen molar-refractivity contribution in [3.05, 3.63) is 64.1 Å². The van der Waals surface area contributed by atoms with Crippen molar-refractivity contribution in [2.24, 2.45) is 0 Å². The maximum atomic E-state index is 12.4. The highest BCUT2D eigenvalue weighted by atomic mass is 79.9. The summed E-state index contributed by atoms with van der Waals surface area (Å²) in [7, 11) is -2.40. The number of benzene rings is 2. The van der Waals surface area contributed by atoms with Gasteiger partial charge in [0.25, 0.3) is 10.1 Å². The summed E-state index contributed by atoms with van der Waals surface area (Å²) in [5.41, 5.74) is 2.19. The molecule has 0 unspecified atom stereocenters. The number of halogens is 1. The molecule has 0 amide bonds. The third-order valence-corrected chi connectivity index (χ3v) is 5.58. The smallest absolute Gasteiger partial charge is 0.297 e. The van der Waals surface area contributed by atoms with E-state index in [4.69, 9.17) is 13.7 Å². The molecular formula is C19H18BrNO5S. The van der Waals surface area contributed by atoms with Crippen molar-refractivity contribution in [2.75, 3.05) is 13.9 Å². The van der Waals surface area contributed by atoms with Gasteiger partial charge in [-0.05, 0) is 43.3 Å². The molecule has 0 aliphatic rings. The van der Waals surface area contributed by atoms with Gasteiger partial charge < -0.3 is 9.47 Å². The Morgan fingerprint density at radius 2 is 1.81 bits per heavy atom. The van der Waals surface area contributed by atoms with Crippen LogP contribution < -0.4 is 4.74 Å². The van der Waals surface area contributed by atoms with Crippen molar-refractivity contribution in [1.29, 1.82) is 0 Å². The number of rotatable bonds is 7. The van der Waals surface area contributed by atoms with E-state index in [9.17, 15) is 8.42 Å². The van der Waals surface area contributed by atoms with Gasteiger partial charge in [-0.1, -0.05) is 33.6 Å². The Morgan fingerprint density at radius 1 is 1.07 bits per heavy atom. The first-order valence-corrected chi connectivity index (χ1v) is 10.3. The van der Waals surface area contributed by atoms with Crippen LogP contribution in [0.15, 0.2) is 57.9 Å². The number of hydrogen-bond acceptors (Lipinski definition) is 6. The fourth-order valence-corrected chi connectivity index (χ4v) is 3.70. The number of ether oxygens (including phenoxy) is 2. The maximum absolute atomic E-state index is 12.4. The fraction of sp³-hybridized carbons (Fsp3) is 0.211. The zero-order chi connectivity index (χ0) is 19.4. The second kappa shape index (κ2) is 8.35. The fourth-order valence-electron chi connectivity index (χ4n) is 2.43. The van der Waals surface area contributed by atoms with Crippen LogP contribution in [0.4, 0.5) is 0 Å². The Kier molecular flexibility index (Phi) is 6.11. The van der Waals surface area contributed by atoms with E-state index in [1.165, 1.54) is 19.2 Å². The van der Waals surface area contributed by atoms with E-state index in [2.05, 4.69) is 20.9 Å². The van der Waals surface area contributed by atoms with E-state index >= 15 is 0 Å². The second-order valence-electron chi connectivity index (χ2n) is 5.87. The molecule has 0 aliphatic carbocycles. The molecule has 27 heavy (non-hydrogen) atoms. The number of fused-ring (bicyclic) bond motifs is 1. The molecule has 3 aromatic rings. The Morgan fingerprint density at radius 3 is 2.52 bits per heavy atom. The number of hydrogen-bond donors (Lipinski definition) is 0. The summed E-state index contributed by atoms with van der Waals surface area (Å²) < 4.78 is 41.4. The summed E-state index contributed by atoms with van der Waals surface area (Å²) in [6.07, 6.45) is 0. The Hall–Kier alpha value is -2.00. The largest absolute Gasteiger partial charge is 0.450 e. The molecule has 0 fully saturated rings. The lowest BCUT2D eigenvalue weighted by molar-refractivity contribution is 0.0466. The normalized spacial score (nSPS) is 11.7. The minimum absolute atomic E-state index is 0.00720. The molecule has 1 aromatic heterocycles. The molecule has 6 nitrogen and oxygen atoms in total. The number of aromatic nitrogens is 1. The third kappa shape index (κ3) is 4.84. The molecule has 0 N–H and O–H groups in total. The third-order valence-electron chi connectivity index (χ3n) is 3.81. The lowest BCUT2D eigenvalue weighted by Gasteiger charge is -2.12. The first-order valence-electron chi connectivity index (χ1n) is 8.06. The maximum Gasteiger partial charge on any atom is 0.297 e. The summed E-state index contributed by atoms with van der Waals surface area (Å²) in [5, 5.41) is 0.834. The molecule has 1 heterocycles. The van der Waals surface area contributed by atoms with Crippen LogP contribution in [0.1, 0.15) is 11.1 Å². The first kappa shape index (κ1) is 19.8. The van der Waals surface area contributed by atoms with E-state index in [-0.39, 0.29) is 24.2 Å². The zero-order valence-electron chi connectivity index (χ0n) is 14.8. The van der Waals surface area contributed by atoms with Crippen LogP contribution in [-0.4, -0.2) is 27.3 Å². The second-order valence-corrected chi connectivity index (χ2v) is 8.40. The minimum Gasteiger partial charge on any atom is -0.450 e. The van der Waals surface area contributed by atoms with Crippen molar-refractivity contribution in [3.8, 4) is 5.88 Å². The number of aryl methyl sites for hydroxylation is 1. The van der Waals surface area contributed by atoms with Crippen LogP contribution in [0.25, 0.3) is 10.9 Å². The van der Waals surface area contributed by atoms with Crippen LogP contribution in [0.5, 0.6) is 5.88 Å². The predicted octanol–water partition coefficient (Wildman–Crippen LogP) is 4.19. The van der Waals surface area contributed by atoms with Crippen molar-refractivity contribution in [3.63, 3.8) is 0 Å². The molecule has 0 saturated carbocycles. The summed E-state index contributed by atoms with van der Waals surface area (Å²) >= 11 is 3.42. The van der Waals surface area contributed by atoms with E-state index in [0.29, 0.717) is 5.56 Å². The number of methoxy groups -OCH3 is 1. The summed E-state index contributed by atoms with van der Waals surface area (Å²) in [6, 6.07) is 13.9. The van der Waals surface area contributed by atoms with Gasteiger partial charge in [-0.3, -0.25) is 4.18 Å². The van der Waals surface area contributed by atoms with Gasteiger partial charge in [0.2, 0.25) is 5.88 Å². The first-order chi connectivity index (χ1) is 12.9.